The van der Waals surface area contributed by atoms with Crippen molar-refractivity contribution in [2.24, 2.45) is 11.1 Å². The monoisotopic (exact) mass is 240 g/mol. The molecule has 0 bridgehead atoms. The van der Waals surface area contributed by atoms with Crippen LogP contribution in [0.2, 0.25) is 0 Å². The molecule has 0 heterocycles. The molecule has 0 saturated heterocycles. The average molecular weight is 240 g/mol. The van der Waals surface area contributed by atoms with E-state index in [2.05, 4.69) is 4.90 Å². The predicted octanol–water partition coefficient (Wildman–Crippen LogP) is 2.54. The van der Waals surface area contributed by atoms with Crippen LogP contribution >= 0.6 is 0 Å². The van der Waals surface area contributed by atoms with Crippen molar-refractivity contribution in [1.29, 1.82) is 0 Å². The van der Waals surface area contributed by atoms with E-state index >= 15 is 0 Å². The van der Waals surface area contributed by atoms with Crippen LogP contribution in [0, 0.1) is 5.41 Å². The third-order valence-corrected chi connectivity index (χ3v) is 3.52. The van der Waals surface area contributed by atoms with Crippen LogP contribution in [0.1, 0.15) is 59.3 Å². The Morgan fingerprint density at radius 3 is 2.29 bits per heavy atom. The zero-order chi connectivity index (χ0) is 12.9. The van der Waals surface area contributed by atoms with Gasteiger partial charge in [0.2, 0.25) is 5.91 Å². The van der Waals surface area contributed by atoms with Gasteiger partial charge >= 0.3 is 0 Å². The molecule has 17 heavy (non-hydrogen) atoms. The fourth-order valence-electron chi connectivity index (χ4n) is 2.54. The van der Waals surface area contributed by atoms with Crippen molar-refractivity contribution < 1.29 is 4.79 Å². The van der Waals surface area contributed by atoms with Gasteiger partial charge in [0, 0.05) is 18.0 Å². The lowest BCUT2D eigenvalue weighted by Gasteiger charge is -2.38. The van der Waals surface area contributed by atoms with Gasteiger partial charge in [-0.05, 0) is 25.8 Å². The summed E-state index contributed by atoms with van der Waals surface area (Å²) in [6.07, 6.45) is 7.12. The highest BCUT2D eigenvalue weighted by molar-refractivity contribution is 5.81. The Hall–Kier alpha value is -0.570. The first kappa shape index (κ1) is 14.5. The third-order valence-electron chi connectivity index (χ3n) is 3.52. The summed E-state index contributed by atoms with van der Waals surface area (Å²) < 4.78 is 0. The fourth-order valence-corrected chi connectivity index (χ4v) is 2.54. The zero-order valence-corrected chi connectivity index (χ0v) is 11.7. The first-order chi connectivity index (χ1) is 7.96. The minimum atomic E-state index is -0.272. The lowest BCUT2D eigenvalue weighted by atomic mass is 9.89. The Kier molecular flexibility index (Phi) is 5.44. The molecule has 0 spiro atoms. The summed E-state index contributed by atoms with van der Waals surface area (Å²) in [5.41, 5.74) is 5.31. The minimum Gasteiger partial charge on any atom is -0.339 e. The number of hydrogen-bond acceptors (Lipinski definition) is 2. The van der Waals surface area contributed by atoms with Crippen LogP contribution in [0.3, 0.4) is 0 Å². The Bertz CT molecular complexity index is 239. The topological polar surface area (TPSA) is 46.3 Å². The van der Waals surface area contributed by atoms with Gasteiger partial charge in [-0.3, -0.25) is 4.79 Å². The standard InChI is InChI=1S/C14H28N2O/c1-14(2,3)13(17)16(11-7-10-15)12-8-5-4-6-9-12/h12H,4-11,15H2,1-3H3. The smallest absolute Gasteiger partial charge is 0.228 e. The van der Waals surface area contributed by atoms with Gasteiger partial charge in [0.25, 0.3) is 0 Å². The summed E-state index contributed by atoms with van der Waals surface area (Å²) >= 11 is 0. The molecule has 1 saturated carbocycles. The highest BCUT2D eigenvalue weighted by Gasteiger charge is 2.32. The molecule has 0 unspecified atom stereocenters. The van der Waals surface area contributed by atoms with E-state index in [1.54, 1.807) is 0 Å². The molecule has 1 aliphatic carbocycles. The summed E-state index contributed by atoms with van der Waals surface area (Å²) in [5, 5.41) is 0. The van der Waals surface area contributed by atoms with Crippen LogP contribution in [0.25, 0.3) is 0 Å². The van der Waals surface area contributed by atoms with Crippen LogP contribution < -0.4 is 5.73 Å². The first-order valence-electron chi connectivity index (χ1n) is 6.98. The SMILES string of the molecule is CC(C)(C)C(=O)N(CCCN)C1CCCCC1. The lowest BCUT2D eigenvalue weighted by molar-refractivity contribution is -0.142. The van der Waals surface area contributed by atoms with Gasteiger partial charge in [-0.25, -0.2) is 0 Å². The molecule has 3 nitrogen and oxygen atoms in total. The van der Waals surface area contributed by atoms with Crippen LogP contribution in [-0.4, -0.2) is 29.9 Å². The van der Waals surface area contributed by atoms with Gasteiger partial charge < -0.3 is 10.6 Å². The summed E-state index contributed by atoms with van der Waals surface area (Å²) in [6.45, 7) is 7.52. The lowest BCUT2D eigenvalue weighted by Crippen LogP contribution is -2.47. The molecule has 0 aromatic heterocycles. The van der Waals surface area contributed by atoms with Gasteiger partial charge in [-0.1, -0.05) is 40.0 Å². The first-order valence-corrected chi connectivity index (χ1v) is 6.98. The second-order valence-electron chi connectivity index (χ2n) is 6.18. The molecule has 0 aromatic carbocycles. The molecule has 0 radical (unpaired) electrons. The number of carbonyl (C=O) groups excluding carboxylic acids is 1. The molecular formula is C14H28N2O. The molecule has 2 N–H and O–H groups in total. The van der Waals surface area contributed by atoms with Gasteiger partial charge in [0.1, 0.15) is 0 Å². The van der Waals surface area contributed by atoms with Gasteiger partial charge in [-0.2, -0.15) is 0 Å². The summed E-state index contributed by atoms with van der Waals surface area (Å²) in [6, 6.07) is 0.460. The van der Waals surface area contributed by atoms with E-state index < -0.39 is 0 Å². The van der Waals surface area contributed by atoms with Crippen molar-refractivity contribution >= 4 is 5.91 Å². The van der Waals surface area contributed by atoms with Crippen molar-refractivity contribution in [1.82, 2.24) is 4.90 Å². The molecule has 1 aliphatic rings. The van der Waals surface area contributed by atoms with E-state index in [0.29, 0.717) is 12.6 Å². The van der Waals surface area contributed by atoms with E-state index in [0.717, 1.165) is 13.0 Å². The second-order valence-corrected chi connectivity index (χ2v) is 6.18. The van der Waals surface area contributed by atoms with Gasteiger partial charge in [-0.15, -0.1) is 0 Å². The molecule has 100 valence electrons. The Morgan fingerprint density at radius 2 is 1.82 bits per heavy atom. The van der Waals surface area contributed by atoms with E-state index in [-0.39, 0.29) is 11.3 Å². The number of hydrogen-bond donors (Lipinski definition) is 1. The minimum absolute atomic E-state index is 0.272. The summed E-state index contributed by atoms with van der Waals surface area (Å²) in [5.74, 6) is 0.290. The van der Waals surface area contributed by atoms with Crippen LogP contribution in [-0.2, 0) is 4.79 Å². The zero-order valence-electron chi connectivity index (χ0n) is 11.7. The van der Waals surface area contributed by atoms with Gasteiger partial charge in [0.15, 0.2) is 0 Å². The van der Waals surface area contributed by atoms with Crippen LogP contribution in [0.15, 0.2) is 0 Å². The van der Waals surface area contributed by atoms with E-state index in [9.17, 15) is 4.79 Å². The van der Waals surface area contributed by atoms with E-state index in [4.69, 9.17) is 5.73 Å². The number of carbonyl (C=O) groups is 1. The summed E-state index contributed by atoms with van der Waals surface area (Å²) in [7, 11) is 0. The van der Waals surface area contributed by atoms with Crippen LogP contribution in [0.5, 0.6) is 0 Å². The van der Waals surface area contributed by atoms with Gasteiger partial charge in [0.05, 0.1) is 0 Å². The van der Waals surface area contributed by atoms with Crippen molar-refractivity contribution in [2.45, 2.75) is 65.3 Å². The van der Waals surface area contributed by atoms with Crippen LogP contribution in [0.4, 0.5) is 0 Å². The highest BCUT2D eigenvalue weighted by atomic mass is 16.2. The van der Waals surface area contributed by atoms with Crippen molar-refractivity contribution in [2.75, 3.05) is 13.1 Å². The number of nitrogens with zero attached hydrogens (tertiary/aromatic N) is 1. The molecule has 1 amide bonds. The Labute approximate surface area is 106 Å². The number of nitrogens with two attached hydrogens (primary N) is 1. The Balaban J connectivity index is 2.68. The normalized spacial score (nSPS) is 18.1. The second kappa shape index (κ2) is 6.39. The maximum atomic E-state index is 12.5. The molecule has 0 aromatic rings. The molecule has 1 fully saturated rings. The molecular weight excluding hydrogens is 212 g/mol. The molecule has 3 heteroatoms. The highest BCUT2D eigenvalue weighted by Crippen LogP contribution is 2.27. The maximum Gasteiger partial charge on any atom is 0.228 e. The van der Waals surface area contributed by atoms with E-state index in [1.807, 2.05) is 20.8 Å². The van der Waals surface area contributed by atoms with Crippen molar-refractivity contribution in [3.8, 4) is 0 Å². The largest absolute Gasteiger partial charge is 0.339 e. The van der Waals surface area contributed by atoms with E-state index in [1.165, 1.54) is 32.1 Å². The maximum absolute atomic E-state index is 12.5. The fraction of sp³-hybridized carbons (Fsp3) is 0.929. The molecule has 0 aliphatic heterocycles. The third kappa shape index (κ3) is 4.30. The Morgan fingerprint density at radius 1 is 1.24 bits per heavy atom. The predicted molar refractivity (Wildman–Crippen MR) is 71.7 cm³/mol. The molecule has 1 rings (SSSR count). The van der Waals surface area contributed by atoms with Crippen molar-refractivity contribution in [3.63, 3.8) is 0 Å². The number of rotatable bonds is 4. The quantitative estimate of drug-likeness (QED) is 0.821. The average Bonchev–Trinajstić information content (AvgIpc) is 2.29. The summed E-state index contributed by atoms with van der Waals surface area (Å²) in [4.78, 5) is 14.6. The molecule has 0 atom stereocenters. The number of amides is 1. The van der Waals surface area contributed by atoms with Crippen molar-refractivity contribution in [3.05, 3.63) is 0 Å².